The smallest absolute Gasteiger partial charge is 0.281 e. The molecule has 2 N–H and O–H groups in total. The molecule has 8 heteroatoms. The Kier molecular flexibility index (Phi) is 4.74. The lowest BCUT2D eigenvalue weighted by Crippen LogP contribution is -2.23. The molecule has 7 nitrogen and oxygen atoms in total. The monoisotopic (exact) mass is 427 g/mol. The number of H-pyrrole nitrogens is 1. The number of carbonyl (C=O) groups excluding carboxylic acids is 1. The van der Waals surface area contributed by atoms with Crippen LogP contribution in [0.5, 0.6) is 0 Å². The van der Waals surface area contributed by atoms with E-state index < -0.39 is 11.4 Å². The van der Waals surface area contributed by atoms with Crippen LogP contribution in [0, 0.1) is 12.7 Å². The van der Waals surface area contributed by atoms with E-state index in [1.54, 1.807) is 36.4 Å². The predicted octanol–water partition coefficient (Wildman–Crippen LogP) is 3.62. The van der Waals surface area contributed by atoms with Gasteiger partial charge >= 0.3 is 0 Å². The van der Waals surface area contributed by atoms with Gasteiger partial charge in [0.2, 0.25) is 0 Å². The molecule has 5 rings (SSSR count). The molecule has 0 aliphatic carbocycles. The third-order valence-corrected chi connectivity index (χ3v) is 5.33. The Bertz CT molecular complexity index is 1540. The Balaban J connectivity index is 1.54. The molecule has 0 atom stereocenters. The fourth-order valence-corrected chi connectivity index (χ4v) is 3.59. The summed E-state index contributed by atoms with van der Waals surface area (Å²) in [5.74, 6) is -0.751. The van der Waals surface area contributed by atoms with Gasteiger partial charge in [-0.05, 0) is 42.8 Å². The number of halogens is 1. The Hall–Kier alpha value is -4.33. The first-order chi connectivity index (χ1) is 15.5. The first-order valence-corrected chi connectivity index (χ1v) is 10.0. The van der Waals surface area contributed by atoms with Crippen LogP contribution < -0.4 is 10.9 Å². The van der Waals surface area contributed by atoms with Crippen LogP contribution in [-0.2, 0) is 6.54 Å². The number of aromatic nitrogens is 4. The number of carbonyl (C=O) groups is 1. The van der Waals surface area contributed by atoms with Crippen molar-refractivity contribution in [1.82, 2.24) is 25.1 Å². The molecule has 0 saturated heterocycles. The summed E-state index contributed by atoms with van der Waals surface area (Å²) in [5, 5.41) is 10.2. The minimum absolute atomic E-state index is 0.185. The van der Waals surface area contributed by atoms with Gasteiger partial charge in [-0.1, -0.05) is 42.0 Å². The van der Waals surface area contributed by atoms with E-state index in [0.717, 1.165) is 11.1 Å². The molecule has 0 bridgehead atoms. The normalized spacial score (nSPS) is 11.2. The van der Waals surface area contributed by atoms with Gasteiger partial charge in [-0.15, -0.1) is 0 Å². The summed E-state index contributed by atoms with van der Waals surface area (Å²) in [4.78, 5) is 29.4. The lowest BCUT2D eigenvalue weighted by atomic mass is 10.1. The molecular formula is C24H18FN5O2. The summed E-state index contributed by atoms with van der Waals surface area (Å²) >= 11 is 0. The second-order valence-electron chi connectivity index (χ2n) is 7.52. The molecule has 32 heavy (non-hydrogen) atoms. The van der Waals surface area contributed by atoms with Gasteiger partial charge in [-0.3, -0.25) is 9.59 Å². The van der Waals surface area contributed by atoms with Gasteiger partial charge in [0.1, 0.15) is 11.5 Å². The molecule has 0 aliphatic heterocycles. The molecule has 5 aromatic rings. The van der Waals surface area contributed by atoms with Crippen LogP contribution in [0.4, 0.5) is 4.39 Å². The molecule has 1 amide bonds. The number of hydrogen-bond donors (Lipinski definition) is 2. The highest BCUT2D eigenvalue weighted by Crippen LogP contribution is 2.25. The highest BCUT2D eigenvalue weighted by atomic mass is 19.1. The second kappa shape index (κ2) is 7.73. The van der Waals surface area contributed by atoms with Crippen molar-refractivity contribution in [2.45, 2.75) is 13.5 Å². The number of nitrogens with one attached hydrogen (secondary N) is 2. The number of amides is 1. The maximum atomic E-state index is 14.3. The zero-order valence-corrected chi connectivity index (χ0v) is 17.1. The van der Waals surface area contributed by atoms with E-state index in [1.807, 2.05) is 31.2 Å². The molecular weight excluding hydrogens is 409 g/mol. The zero-order valence-electron chi connectivity index (χ0n) is 17.1. The van der Waals surface area contributed by atoms with Crippen molar-refractivity contribution < 1.29 is 9.18 Å². The van der Waals surface area contributed by atoms with Gasteiger partial charge in [-0.2, -0.15) is 10.1 Å². The van der Waals surface area contributed by atoms with E-state index in [9.17, 15) is 14.0 Å². The third kappa shape index (κ3) is 3.41. The largest absolute Gasteiger partial charge is 0.348 e. The van der Waals surface area contributed by atoms with Gasteiger partial charge < -0.3 is 5.32 Å². The Morgan fingerprint density at radius 1 is 1.09 bits per heavy atom. The molecule has 0 aliphatic rings. The van der Waals surface area contributed by atoms with Crippen molar-refractivity contribution in [2.24, 2.45) is 0 Å². The van der Waals surface area contributed by atoms with E-state index in [0.29, 0.717) is 23.0 Å². The Morgan fingerprint density at radius 3 is 2.66 bits per heavy atom. The second-order valence-corrected chi connectivity index (χ2v) is 7.52. The molecule has 0 unspecified atom stereocenters. The summed E-state index contributed by atoms with van der Waals surface area (Å²) in [6.07, 6.45) is 0. The number of nitrogens with zero attached hydrogens (tertiary/aromatic N) is 3. The van der Waals surface area contributed by atoms with Crippen molar-refractivity contribution in [3.63, 3.8) is 0 Å². The molecule has 0 fully saturated rings. The van der Waals surface area contributed by atoms with Crippen LogP contribution in [-0.4, -0.2) is 25.7 Å². The predicted molar refractivity (Wildman–Crippen MR) is 119 cm³/mol. The van der Waals surface area contributed by atoms with Crippen molar-refractivity contribution in [2.75, 3.05) is 0 Å². The molecule has 2 aromatic heterocycles. The van der Waals surface area contributed by atoms with Gasteiger partial charge in [-0.25, -0.2) is 14.1 Å². The number of benzene rings is 3. The van der Waals surface area contributed by atoms with Gasteiger partial charge in [0.15, 0.2) is 5.65 Å². The van der Waals surface area contributed by atoms with E-state index in [1.165, 1.54) is 10.6 Å². The van der Waals surface area contributed by atoms with Crippen LogP contribution in [0.3, 0.4) is 0 Å². The van der Waals surface area contributed by atoms with Gasteiger partial charge in [0.05, 0.1) is 10.9 Å². The number of fused-ring (bicyclic) bond motifs is 3. The Labute approximate surface area is 181 Å². The maximum Gasteiger partial charge on any atom is 0.281 e. The average Bonchev–Trinajstić information content (AvgIpc) is 3.22. The number of aromatic amines is 1. The first kappa shape index (κ1) is 19.6. The molecule has 0 saturated carbocycles. The third-order valence-electron chi connectivity index (χ3n) is 5.33. The van der Waals surface area contributed by atoms with Crippen molar-refractivity contribution in [3.05, 3.63) is 99.6 Å². The van der Waals surface area contributed by atoms with Crippen LogP contribution in [0.2, 0.25) is 0 Å². The van der Waals surface area contributed by atoms with Crippen molar-refractivity contribution in [1.29, 1.82) is 0 Å². The Morgan fingerprint density at radius 2 is 1.88 bits per heavy atom. The summed E-state index contributed by atoms with van der Waals surface area (Å²) < 4.78 is 15.8. The van der Waals surface area contributed by atoms with E-state index in [4.69, 9.17) is 0 Å². The molecule has 2 heterocycles. The van der Waals surface area contributed by atoms with Gasteiger partial charge in [0, 0.05) is 17.7 Å². The van der Waals surface area contributed by atoms with E-state index in [-0.39, 0.29) is 22.8 Å². The molecule has 0 radical (unpaired) electrons. The van der Waals surface area contributed by atoms with E-state index in [2.05, 4.69) is 20.6 Å². The van der Waals surface area contributed by atoms with Crippen molar-refractivity contribution >= 4 is 22.5 Å². The van der Waals surface area contributed by atoms with Crippen LogP contribution in [0.1, 0.15) is 21.5 Å². The summed E-state index contributed by atoms with van der Waals surface area (Å²) in [5.41, 5.74) is 3.09. The van der Waals surface area contributed by atoms with Crippen LogP contribution in [0.25, 0.3) is 27.8 Å². The lowest BCUT2D eigenvalue weighted by Gasteiger charge is -2.07. The zero-order chi connectivity index (χ0) is 22.2. The highest BCUT2D eigenvalue weighted by Gasteiger charge is 2.17. The molecule has 3 aromatic carbocycles. The average molecular weight is 427 g/mol. The molecule has 158 valence electrons. The minimum atomic E-state index is -0.481. The standard InChI is InChI=1S/C24H18FN5O2/c1-14-6-8-15(9-7-14)13-26-23(31)16-10-11-18-20(12-16)30-22(27-24(18)32)21(28-29-30)17-4-2-3-5-19(17)25/h2-12,29H,13H2,1H3,(H,26,31). The molecule has 0 spiro atoms. The van der Waals surface area contributed by atoms with E-state index >= 15 is 0 Å². The summed E-state index contributed by atoms with van der Waals surface area (Å²) in [6, 6.07) is 18.8. The summed E-state index contributed by atoms with van der Waals surface area (Å²) in [7, 11) is 0. The number of hydrogen-bond acceptors (Lipinski definition) is 4. The number of rotatable bonds is 4. The fraction of sp³-hybridized carbons (Fsp3) is 0.0833. The van der Waals surface area contributed by atoms with Crippen molar-refractivity contribution in [3.8, 4) is 11.3 Å². The van der Waals surface area contributed by atoms with Gasteiger partial charge in [0.25, 0.3) is 11.5 Å². The fourth-order valence-electron chi connectivity index (χ4n) is 3.59. The first-order valence-electron chi connectivity index (χ1n) is 10.0. The highest BCUT2D eigenvalue weighted by molar-refractivity contribution is 5.98. The number of aryl methyl sites for hydroxylation is 1. The quantitative estimate of drug-likeness (QED) is 0.458. The van der Waals surface area contributed by atoms with Crippen LogP contribution >= 0.6 is 0 Å². The SMILES string of the molecule is Cc1ccc(CNC(=O)c2ccc3c(=O)nc4c(-c5ccccc5F)n[nH]n4c3c2)cc1. The van der Waals surface area contributed by atoms with Crippen LogP contribution in [0.15, 0.2) is 71.5 Å². The topological polar surface area (TPSA) is 92.2 Å². The lowest BCUT2D eigenvalue weighted by molar-refractivity contribution is 0.0951. The summed E-state index contributed by atoms with van der Waals surface area (Å²) in [6.45, 7) is 2.38. The maximum absolute atomic E-state index is 14.3. The minimum Gasteiger partial charge on any atom is -0.348 e.